The first-order valence-electron chi connectivity index (χ1n) is 5.71. The van der Waals surface area contributed by atoms with Crippen LogP contribution in [-0.4, -0.2) is 31.8 Å². The second-order valence-electron chi connectivity index (χ2n) is 4.40. The molecule has 0 aliphatic carbocycles. The minimum atomic E-state index is 0.359. The van der Waals surface area contributed by atoms with E-state index in [0.717, 1.165) is 23.6 Å². The van der Waals surface area contributed by atoms with E-state index in [1.807, 2.05) is 29.7 Å². The van der Waals surface area contributed by atoms with Gasteiger partial charge < -0.3 is 5.32 Å². The van der Waals surface area contributed by atoms with Gasteiger partial charge >= 0.3 is 0 Å². The van der Waals surface area contributed by atoms with E-state index in [2.05, 4.69) is 34.6 Å². The average molecular weight is 234 g/mol. The number of aryl methyl sites for hydroxylation is 1. The molecule has 92 valence electrons. The van der Waals surface area contributed by atoms with Crippen LogP contribution in [0.4, 0.5) is 0 Å². The normalized spacial score (nSPS) is 11.4. The summed E-state index contributed by atoms with van der Waals surface area (Å²) in [5, 5.41) is 15.7. The van der Waals surface area contributed by atoms with Crippen molar-refractivity contribution in [3.63, 3.8) is 0 Å². The van der Waals surface area contributed by atoms with Crippen LogP contribution < -0.4 is 5.32 Å². The molecule has 0 aliphatic heterocycles. The molecular formula is C11H18N6. The molecule has 0 radical (unpaired) electrons. The van der Waals surface area contributed by atoms with E-state index in [4.69, 9.17) is 0 Å². The fraction of sp³-hybridized carbons (Fsp3) is 0.545. The number of rotatable bonds is 4. The van der Waals surface area contributed by atoms with Gasteiger partial charge in [-0.2, -0.15) is 5.10 Å². The Hall–Kier alpha value is -1.69. The topological polar surface area (TPSA) is 60.6 Å². The number of aromatic nitrogens is 5. The van der Waals surface area contributed by atoms with Gasteiger partial charge in [0.15, 0.2) is 0 Å². The van der Waals surface area contributed by atoms with E-state index in [1.54, 1.807) is 6.20 Å². The van der Waals surface area contributed by atoms with Gasteiger partial charge in [-0.1, -0.05) is 19.1 Å². The van der Waals surface area contributed by atoms with E-state index in [9.17, 15) is 0 Å². The molecule has 0 bridgehead atoms. The third-order valence-electron chi connectivity index (χ3n) is 2.59. The predicted octanol–water partition coefficient (Wildman–Crippen LogP) is 0.844. The standard InChI is InChI=1S/C11H18N6/c1-8(2)11-10(7-16(4)14-11)17-9(5-12-3)6-13-15-17/h6-8,12H,5H2,1-4H3. The number of hydrogen-bond acceptors (Lipinski definition) is 4. The highest BCUT2D eigenvalue weighted by Gasteiger charge is 2.16. The lowest BCUT2D eigenvalue weighted by Gasteiger charge is -2.07. The number of nitrogens with zero attached hydrogens (tertiary/aromatic N) is 5. The molecule has 0 unspecified atom stereocenters. The lowest BCUT2D eigenvalue weighted by molar-refractivity contribution is 0.695. The van der Waals surface area contributed by atoms with Gasteiger partial charge in [-0.15, -0.1) is 5.10 Å². The van der Waals surface area contributed by atoms with E-state index in [-0.39, 0.29) is 0 Å². The maximum atomic E-state index is 4.47. The molecule has 0 saturated carbocycles. The SMILES string of the molecule is CNCc1cnnn1-c1cn(C)nc1C(C)C. The first-order chi connectivity index (χ1) is 8.13. The van der Waals surface area contributed by atoms with Crippen molar-refractivity contribution in [1.82, 2.24) is 30.1 Å². The van der Waals surface area contributed by atoms with E-state index < -0.39 is 0 Å². The zero-order valence-electron chi connectivity index (χ0n) is 10.7. The molecule has 0 amide bonds. The summed E-state index contributed by atoms with van der Waals surface area (Å²) in [6.07, 6.45) is 3.75. The Bertz CT molecular complexity index is 496. The minimum Gasteiger partial charge on any atom is -0.314 e. The second kappa shape index (κ2) is 4.67. The Kier molecular flexibility index (Phi) is 3.23. The first kappa shape index (κ1) is 11.8. The van der Waals surface area contributed by atoms with Crippen molar-refractivity contribution in [3.8, 4) is 5.69 Å². The van der Waals surface area contributed by atoms with Crippen LogP contribution in [0, 0.1) is 0 Å². The van der Waals surface area contributed by atoms with Gasteiger partial charge in [-0.25, -0.2) is 4.68 Å². The average Bonchev–Trinajstić information content (AvgIpc) is 2.84. The fourth-order valence-corrected chi connectivity index (χ4v) is 1.83. The van der Waals surface area contributed by atoms with Gasteiger partial charge in [-0.05, 0) is 13.0 Å². The zero-order chi connectivity index (χ0) is 12.4. The molecule has 0 aliphatic rings. The monoisotopic (exact) mass is 234 g/mol. The summed E-state index contributed by atoms with van der Waals surface area (Å²) in [7, 11) is 3.83. The van der Waals surface area contributed by atoms with Gasteiger partial charge in [0.2, 0.25) is 0 Å². The van der Waals surface area contributed by atoms with Crippen molar-refractivity contribution in [1.29, 1.82) is 0 Å². The third-order valence-corrected chi connectivity index (χ3v) is 2.59. The minimum absolute atomic E-state index is 0.359. The smallest absolute Gasteiger partial charge is 0.108 e. The lowest BCUT2D eigenvalue weighted by atomic mass is 10.1. The van der Waals surface area contributed by atoms with Crippen LogP contribution in [0.15, 0.2) is 12.4 Å². The molecular weight excluding hydrogens is 216 g/mol. The molecule has 1 N–H and O–H groups in total. The molecule has 2 aromatic rings. The maximum Gasteiger partial charge on any atom is 0.108 e. The van der Waals surface area contributed by atoms with Crippen molar-refractivity contribution in [3.05, 3.63) is 23.8 Å². The van der Waals surface area contributed by atoms with Crippen molar-refractivity contribution in [2.75, 3.05) is 7.05 Å². The van der Waals surface area contributed by atoms with Crippen molar-refractivity contribution >= 4 is 0 Å². The van der Waals surface area contributed by atoms with Crippen molar-refractivity contribution in [2.45, 2.75) is 26.3 Å². The molecule has 0 spiro atoms. The van der Waals surface area contributed by atoms with Crippen molar-refractivity contribution < 1.29 is 0 Å². The quantitative estimate of drug-likeness (QED) is 0.851. The number of hydrogen-bond donors (Lipinski definition) is 1. The van der Waals surface area contributed by atoms with Gasteiger partial charge in [0.1, 0.15) is 5.69 Å². The highest BCUT2D eigenvalue weighted by Crippen LogP contribution is 2.21. The predicted molar refractivity (Wildman–Crippen MR) is 65.0 cm³/mol. The molecule has 17 heavy (non-hydrogen) atoms. The van der Waals surface area contributed by atoms with Crippen LogP contribution in [-0.2, 0) is 13.6 Å². The van der Waals surface area contributed by atoms with E-state index >= 15 is 0 Å². The van der Waals surface area contributed by atoms with Gasteiger partial charge in [0.25, 0.3) is 0 Å². The van der Waals surface area contributed by atoms with Crippen LogP contribution in [0.1, 0.15) is 31.2 Å². The maximum absolute atomic E-state index is 4.47. The van der Waals surface area contributed by atoms with Crippen LogP contribution >= 0.6 is 0 Å². The summed E-state index contributed by atoms with van der Waals surface area (Å²) in [6, 6.07) is 0. The molecule has 2 rings (SSSR count). The fourth-order valence-electron chi connectivity index (χ4n) is 1.83. The Balaban J connectivity index is 2.48. The highest BCUT2D eigenvalue weighted by molar-refractivity contribution is 5.36. The largest absolute Gasteiger partial charge is 0.314 e. The Morgan fingerprint density at radius 3 is 2.82 bits per heavy atom. The molecule has 6 nitrogen and oxygen atoms in total. The summed E-state index contributed by atoms with van der Waals surface area (Å²) < 4.78 is 3.66. The summed E-state index contributed by atoms with van der Waals surface area (Å²) in [5.74, 6) is 0.359. The van der Waals surface area contributed by atoms with Crippen LogP contribution in [0.2, 0.25) is 0 Å². The summed E-state index contributed by atoms with van der Waals surface area (Å²) in [5.41, 5.74) is 3.07. The molecule has 0 atom stereocenters. The molecule has 0 saturated heterocycles. The van der Waals surface area contributed by atoms with Crippen LogP contribution in [0.3, 0.4) is 0 Å². The molecule has 2 aromatic heterocycles. The molecule has 6 heteroatoms. The zero-order valence-corrected chi connectivity index (χ0v) is 10.7. The van der Waals surface area contributed by atoms with Crippen LogP contribution in [0.5, 0.6) is 0 Å². The van der Waals surface area contributed by atoms with E-state index in [1.165, 1.54) is 0 Å². The first-order valence-corrected chi connectivity index (χ1v) is 5.71. The van der Waals surface area contributed by atoms with Gasteiger partial charge in [-0.3, -0.25) is 4.68 Å². The second-order valence-corrected chi connectivity index (χ2v) is 4.40. The molecule has 2 heterocycles. The van der Waals surface area contributed by atoms with Gasteiger partial charge in [0.05, 0.1) is 23.8 Å². The Labute approximate surface area is 101 Å². The summed E-state index contributed by atoms with van der Waals surface area (Å²) >= 11 is 0. The summed E-state index contributed by atoms with van der Waals surface area (Å²) in [4.78, 5) is 0. The van der Waals surface area contributed by atoms with E-state index in [0.29, 0.717) is 5.92 Å². The lowest BCUT2D eigenvalue weighted by Crippen LogP contribution is -2.12. The van der Waals surface area contributed by atoms with Crippen molar-refractivity contribution in [2.24, 2.45) is 7.05 Å². The summed E-state index contributed by atoms with van der Waals surface area (Å²) in [6.45, 7) is 4.99. The highest BCUT2D eigenvalue weighted by atomic mass is 15.4. The molecule has 0 fully saturated rings. The third kappa shape index (κ3) is 2.21. The Morgan fingerprint density at radius 1 is 1.41 bits per heavy atom. The molecule has 0 aromatic carbocycles. The van der Waals surface area contributed by atoms with Gasteiger partial charge in [0, 0.05) is 13.6 Å². The Morgan fingerprint density at radius 2 is 2.18 bits per heavy atom. The van der Waals surface area contributed by atoms with Crippen LogP contribution in [0.25, 0.3) is 5.69 Å². The number of nitrogens with one attached hydrogen (secondary N) is 1.